The predicted molar refractivity (Wildman–Crippen MR) is 92.3 cm³/mol. The fraction of sp³-hybridized carbons (Fsp3) is 0.353. The largest absolute Gasteiger partial charge is 0.433 e. The van der Waals surface area contributed by atoms with Gasteiger partial charge in [-0.15, -0.1) is 0 Å². The van der Waals surface area contributed by atoms with Gasteiger partial charge in [-0.25, -0.2) is 4.98 Å². The number of rotatable bonds is 3. The summed E-state index contributed by atoms with van der Waals surface area (Å²) in [4.78, 5) is 31.7. The number of alkyl halides is 3. The quantitative estimate of drug-likeness (QED) is 0.653. The minimum absolute atomic E-state index is 0.0449. The molecule has 26 heavy (non-hydrogen) atoms. The smallest absolute Gasteiger partial charge is 0.308 e. The van der Waals surface area contributed by atoms with Gasteiger partial charge in [-0.1, -0.05) is 30.0 Å². The van der Waals surface area contributed by atoms with Crippen molar-refractivity contribution in [1.29, 1.82) is 0 Å². The van der Waals surface area contributed by atoms with E-state index in [0.717, 1.165) is 29.4 Å². The molecule has 2 aromatic rings. The van der Waals surface area contributed by atoms with Crippen molar-refractivity contribution in [1.82, 2.24) is 9.97 Å². The lowest BCUT2D eigenvalue weighted by atomic mass is 10.1. The van der Waals surface area contributed by atoms with Crippen LogP contribution in [0.5, 0.6) is 0 Å². The molecule has 0 bridgehead atoms. The molecule has 1 N–H and O–H groups in total. The number of hydrogen-bond acceptors (Lipinski definition) is 4. The van der Waals surface area contributed by atoms with E-state index in [2.05, 4.69) is 9.97 Å². The molecule has 9 heteroatoms. The topological polar surface area (TPSA) is 66.1 Å². The lowest BCUT2D eigenvalue weighted by molar-refractivity contribution is -0.141. The van der Waals surface area contributed by atoms with Gasteiger partial charge in [0.15, 0.2) is 10.9 Å². The first-order valence-electron chi connectivity index (χ1n) is 7.93. The van der Waals surface area contributed by atoms with Crippen LogP contribution in [0.1, 0.15) is 25.1 Å². The van der Waals surface area contributed by atoms with Gasteiger partial charge in [0.1, 0.15) is 0 Å². The first kappa shape index (κ1) is 18.5. The Kier molecular flexibility index (Phi) is 4.83. The Morgan fingerprint density at radius 1 is 1.38 bits per heavy atom. The van der Waals surface area contributed by atoms with Gasteiger partial charge in [0.2, 0.25) is 5.91 Å². The van der Waals surface area contributed by atoms with E-state index in [9.17, 15) is 22.8 Å². The number of para-hydroxylation sites is 1. The Bertz CT molecular complexity index is 897. The Labute approximate surface area is 151 Å². The standard InChI is InChI=1S/C17H16F3N3O2S/c1-9-7-11-5-3-4-6-12(11)23(9)15(25)10(2)26-16-21-13(17(18,19)20)8-14(24)22-16/h3-6,8-10H,7H2,1-2H3,(H,21,22,24). The molecular weight excluding hydrogens is 367 g/mol. The lowest BCUT2D eigenvalue weighted by Crippen LogP contribution is -2.40. The zero-order valence-corrected chi connectivity index (χ0v) is 14.8. The van der Waals surface area contributed by atoms with Crippen LogP contribution in [0, 0.1) is 0 Å². The van der Waals surface area contributed by atoms with E-state index in [1.807, 2.05) is 31.2 Å². The van der Waals surface area contributed by atoms with Gasteiger partial charge in [-0.05, 0) is 31.9 Å². The van der Waals surface area contributed by atoms with Gasteiger partial charge in [-0.3, -0.25) is 9.59 Å². The lowest BCUT2D eigenvalue weighted by Gasteiger charge is -2.25. The van der Waals surface area contributed by atoms with Crippen molar-refractivity contribution in [3.05, 3.63) is 51.9 Å². The first-order chi connectivity index (χ1) is 12.2. The van der Waals surface area contributed by atoms with Gasteiger partial charge in [0, 0.05) is 17.8 Å². The normalized spacial score (nSPS) is 17.9. The van der Waals surface area contributed by atoms with E-state index in [0.29, 0.717) is 6.07 Å². The number of halogens is 3. The minimum atomic E-state index is -4.72. The SMILES string of the molecule is CC(Sc1nc(C(F)(F)F)cc(=O)[nH]1)C(=O)N1c2ccccc2CC1C. The molecule has 1 aromatic carbocycles. The van der Waals surface area contributed by atoms with E-state index in [-0.39, 0.29) is 17.1 Å². The summed E-state index contributed by atoms with van der Waals surface area (Å²) in [7, 11) is 0. The Balaban J connectivity index is 1.83. The summed E-state index contributed by atoms with van der Waals surface area (Å²) in [6.45, 7) is 3.50. The summed E-state index contributed by atoms with van der Waals surface area (Å²) in [5.41, 5.74) is -0.322. The highest BCUT2D eigenvalue weighted by atomic mass is 32.2. The maximum atomic E-state index is 12.9. The number of fused-ring (bicyclic) bond motifs is 1. The van der Waals surface area contributed by atoms with E-state index in [1.54, 1.807) is 11.8 Å². The van der Waals surface area contributed by atoms with Crippen LogP contribution in [0.4, 0.5) is 18.9 Å². The zero-order valence-electron chi connectivity index (χ0n) is 14.0. The molecule has 5 nitrogen and oxygen atoms in total. The van der Waals surface area contributed by atoms with Crippen LogP contribution in [-0.2, 0) is 17.4 Å². The molecule has 138 valence electrons. The monoisotopic (exact) mass is 383 g/mol. The second-order valence-corrected chi connectivity index (χ2v) is 7.41. The third-order valence-corrected chi connectivity index (χ3v) is 5.06. The number of thioether (sulfide) groups is 1. The molecule has 2 unspecified atom stereocenters. The molecule has 0 fully saturated rings. The summed E-state index contributed by atoms with van der Waals surface area (Å²) < 4.78 is 38.4. The van der Waals surface area contributed by atoms with E-state index < -0.39 is 22.7 Å². The molecule has 0 saturated heterocycles. The van der Waals surface area contributed by atoms with Crippen molar-refractivity contribution in [2.45, 2.75) is 42.9 Å². The molecule has 0 spiro atoms. The third kappa shape index (κ3) is 3.62. The van der Waals surface area contributed by atoms with Gasteiger partial charge in [-0.2, -0.15) is 13.2 Å². The first-order valence-corrected chi connectivity index (χ1v) is 8.81. The van der Waals surface area contributed by atoms with Crippen LogP contribution in [-0.4, -0.2) is 27.2 Å². The average Bonchev–Trinajstić information content (AvgIpc) is 2.88. The van der Waals surface area contributed by atoms with E-state index >= 15 is 0 Å². The molecule has 1 amide bonds. The molecule has 1 aromatic heterocycles. The summed E-state index contributed by atoms with van der Waals surface area (Å²) in [5, 5.41) is -0.943. The van der Waals surface area contributed by atoms with Crippen molar-refractivity contribution in [3.63, 3.8) is 0 Å². The highest BCUT2D eigenvalue weighted by Gasteiger charge is 2.35. The zero-order chi connectivity index (χ0) is 19.1. The fourth-order valence-corrected chi connectivity index (χ4v) is 3.81. The highest BCUT2D eigenvalue weighted by Crippen LogP contribution is 2.34. The van der Waals surface area contributed by atoms with Crippen LogP contribution < -0.4 is 10.5 Å². The summed E-state index contributed by atoms with van der Waals surface area (Å²) in [5.74, 6) is -0.243. The number of nitrogens with one attached hydrogen (secondary N) is 1. The van der Waals surface area contributed by atoms with Gasteiger partial charge < -0.3 is 9.88 Å². The highest BCUT2D eigenvalue weighted by molar-refractivity contribution is 8.00. The molecule has 0 aliphatic carbocycles. The van der Waals surface area contributed by atoms with Crippen LogP contribution in [0.15, 0.2) is 40.3 Å². The molecule has 1 aliphatic heterocycles. The van der Waals surface area contributed by atoms with Crippen molar-refractivity contribution in [2.75, 3.05) is 4.90 Å². The minimum Gasteiger partial charge on any atom is -0.308 e. The van der Waals surface area contributed by atoms with Gasteiger partial charge in [0.25, 0.3) is 5.56 Å². The van der Waals surface area contributed by atoms with Crippen molar-refractivity contribution >= 4 is 23.4 Å². The Hall–Kier alpha value is -2.29. The average molecular weight is 383 g/mol. The van der Waals surface area contributed by atoms with Crippen molar-refractivity contribution in [3.8, 4) is 0 Å². The summed E-state index contributed by atoms with van der Waals surface area (Å²) >= 11 is 0.802. The number of aromatic amines is 1. The second kappa shape index (κ2) is 6.79. The van der Waals surface area contributed by atoms with Crippen LogP contribution in [0.25, 0.3) is 0 Å². The number of hydrogen-bond donors (Lipinski definition) is 1. The number of carbonyl (C=O) groups is 1. The molecule has 1 aliphatic rings. The van der Waals surface area contributed by atoms with Crippen LogP contribution >= 0.6 is 11.8 Å². The maximum Gasteiger partial charge on any atom is 0.433 e. The van der Waals surface area contributed by atoms with Crippen LogP contribution in [0.3, 0.4) is 0 Å². The number of nitrogens with zero attached hydrogens (tertiary/aromatic N) is 2. The van der Waals surface area contributed by atoms with Gasteiger partial charge >= 0.3 is 6.18 Å². The maximum absolute atomic E-state index is 12.9. The van der Waals surface area contributed by atoms with E-state index in [4.69, 9.17) is 0 Å². The molecule has 3 rings (SSSR count). The fourth-order valence-electron chi connectivity index (χ4n) is 2.95. The molecule has 0 radical (unpaired) electrons. The van der Waals surface area contributed by atoms with Crippen molar-refractivity contribution < 1.29 is 18.0 Å². The third-order valence-electron chi connectivity index (χ3n) is 4.09. The predicted octanol–water partition coefficient (Wildman–Crippen LogP) is 3.25. The number of benzene rings is 1. The van der Waals surface area contributed by atoms with E-state index in [1.165, 1.54) is 0 Å². The second-order valence-electron chi connectivity index (χ2n) is 6.08. The number of aromatic nitrogens is 2. The molecule has 2 atom stereocenters. The number of amides is 1. The summed E-state index contributed by atoms with van der Waals surface area (Å²) in [6.07, 6.45) is -4.00. The Morgan fingerprint density at radius 2 is 2.08 bits per heavy atom. The van der Waals surface area contributed by atoms with Gasteiger partial charge in [0.05, 0.1) is 5.25 Å². The van der Waals surface area contributed by atoms with Crippen LogP contribution in [0.2, 0.25) is 0 Å². The number of anilines is 1. The summed E-state index contributed by atoms with van der Waals surface area (Å²) in [6, 6.07) is 7.88. The molecular formula is C17H16F3N3O2S. The number of H-pyrrole nitrogens is 1. The molecule has 2 heterocycles. The molecule has 0 saturated carbocycles. The van der Waals surface area contributed by atoms with Crippen molar-refractivity contribution in [2.24, 2.45) is 0 Å². The Morgan fingerprint density at radius 3 is 2.77 bits per heavy atom. The number of carbonyl (C=O) groups excluding carboxylic acids is 1.